The number of hydrogen-bond acceptors (Lipinski definition) is 8. The molecule has 0 spiro atoms. The second-order valence-electron chi connectivity index (χ2n) is 10.3. The van der Waals surface area contributed by atoms with E-state index >= 15 is 0 Å². The van der Waals surface area contributed by atoms with E-state index in [9.17, 15) is 19.5 Å². The third kappa shape index (κ3) is 7.41. The molecule has 0 bridgehead atoms. The van der Waals surface area contributed by atoms with Crippen LogP contribution < -0.4 is 26.0 Å². The Labute approximate surface area is 239 Å². The second kappa shape index (κ2) is 12.8. The van der Waals surface area contributed by atoms with Gasteiger partial charge in [-0.1, -0.05) is 36.4 Å². The fraction of sp³-hybridized carbons (Fsp3) is 0.323. The topological polar surface area (TPSA) is 143 Å². The SMILES string of the molecule is COC(=O)CC[C@H]1NC(=O)c2cc(Oc3cccc(N(C)C)c3)c([C@](N)(O)CCCc3ccccc3)cc2NC1=O. The van der Waals surface area contributed by atoms with Gasteiger partial charge >= 0.3 is 5.97 Å². The van der Waals surface area contributed by atoms with Crippen molar-refractivity contribution < 1.29 is 29.0 Å². The maximum absolute atomic E-state index is 13.2. The Hall–Kier alpha value is -4.41. The first-order valence-electron chi connectivity index (χ1n) is 13.4. The van der Waals surface area contributed by atoms with Gasteiger partial charge in [0.25, 0.3) is 5.91 Å². The van der Waals surface area contributed by atoms with Crippen LogP contribution in [0.4, 0.5) is 11.4 Å². The number of aryl methyl sites for hydroxylation is 1. The van der Waals surface area contributed by atoms with E-state index in [1.165, 1.54) is 19.2 Å². The average Bonchev–Trinajstić information content (AvgIpc) is 3.06. The molecule has 2 amide bonds. The number of amides is 2. The number of nitrogens with one attached hydrogen (secondary N) is 2. The van der Waals surface area contributed by atoms with Crippen molar-refractivity contribution in [2.45, 2.75) is 43.9 Å². The smallest absolute Gasteiger partial charge is 0.305 e. The van der Waals surface area contributed by atoms with Gasteiger partial charge in [0.15, 0.2) is 0 Å². The van der Waals surface area contributed by atoms with E-state index in [4.69, 9.17) is 10.5 Å². The van der Waals surface area contributed by atoms with E-state index < -0.39 is 29.6 Å². The van der Waals surface area contributed by atoms with Crippen LogP contribution in [0.3, 0.4) is 0 Å². The number of benzene rings is 3. The van der Waals surface area contributed by atoms with Crippen molar-refractivity contribution in [2.24, 2.45) is 5.73 Å². The Balaban J connectivity index is 1.68. The van der Waals surface area contributed by atoms with Gasteiger partial charge < -0.3 is 30.1 Å². The third-order valence-corrected chi connectivity index (χ3v) is 7.00. The summed E-state index contributed by atoms with van der Waals surface area (Å²) in [4.78, 5) is 39.8. The highest BCUT2D eigenvalue weighted by atomic mass is 16.5. The van der Waals surface area contributed by atoms with Crippen molar-refractivity contribution in [1.82, 2.24) is 5.32 Å². The minimum Gasteiger partial charge on any atom is -0.469 e. The van der Waals surface area contributed by atoms with Crippen molar-refractivity contribution in [3.8, 4) is 11.5 Å². The molecule has 0 saturated heterocycles. The Morgan fingerprint density at radius 2 is 1.83 bits per heavy atom. The van der Waals surface area contributed by atoms with Crippen molar-refractivity contribution >= 4 is 29.2 Å². The van der Waals surface area contributed by atoms with Crippen LogP contribution in [0.1, 0.15) is 47.2 Å². The van der Waals surface area contributed by atoms with Crippen molar-refractivity contribution in [3.63, 3.8) is 0 Å². The van der Waals surface area contributed by atoms with E-state index in [2.05, 4.69) is 15.4 Å². The highest BCUT2D eigenvalue weighted by molar-refractivity contribution is 6.10. The summed E-state index contributed by atoms with van der Waals surface area (Å²) in [5.74, 6) is -0.857. The number of fused-ring (bicyclic) bond motifs is 1. The lowest BCUT2D eigenvalue weighted by atomic mass is 9.93. The number of carbonyl (C=O) groups excluding carboxylic acids is 3. The molecule has 2 atom stereocenters. The molecule has 1 heterocycles. The highest BCUT2D eigenvalue weighted by Gasteiger charge is 2.34. The lowest BCUT2D eigenvalue weighted by Gasteiger charge is -2.27. The average molecular weight is 561 g/mol. The summed E-state index contributed by atoms with van der Waals surface area (Å²) >= 11 is 0. The molecule has 10 nitrogen and oxygen atoms in total. The Morgan fingerprint density at radius 3 is 2.54 bits per heavy atom. The molecule has 0 radical (unpaired) electrons. The van der Waals surface area contributed by atoms with Gasteiger partial charge in [-0.3, -0.25) is 20.1 Å². The number of aliphatic hydroxyl groups is 1. The van der Waals surface area contributed by atoms with E-state index in [1.54, 1.807) is 6.07 Å². The molecule has 0 aromatic heterocycles. The summed E-state index contributed by atoms with van der Waals surface area (Å²) in [5.41, 5.74) is 7.22. The molecule has 3 aromatic rings. The zero-order valence-corrected chi connectivity index (χ0v) is 23.5. The largest absolute Gasteiger partial charge is 0.469 e. The minimum atomic E-state index is -1.84. The van der Waals surface area contributed by atoms with E-state index in [-0.39, 0.29) is 41.8 Å². The summed E-state index contributed by atoms with van der Waals surface area (Å²) in [5, 5.41) is 16.9. The monoisotopic (exact) mass is 560 g/mol. The number of nitrogens with zero attached hydrogens (tertiary/aromatic N) is 1. The highest BCUT2D eigenvalue weighted by Crippen LogP contribution is 2.39. The van der Waals surface area contributed by atoms with E-state index in [1.807, 2.05) is 67.5 Å². The zero-order chi connectivity index (χ0) is 29.6. The second-order valence-corrected chi connectivity index (χ2v) is 10.3. The normalized spacial score (nSPS) is 16.0. The van der Waals surface area contributed by atoms with Crippen LogP contribution in [0, 0.1) is 0 Å². The quantitative estimate of drug-likeness (QED) is 0.206. The number of hydrogen-bond donors (Lipinski definition) is 4. The molecular weight excluding hydrogens is 524 g/mol. The van der Waals surface area contributed by atoms with Crippen LogP contribution in [0.25, 0.3) is 0 Å². The van der Waals surface area contributed by atoms with Crippen LogP contribution in [0.5, 0.6) is 11.5 Å². The van der Waals surface area contributed by atoms with Crippen molar-refractivity contribution in [2.75, 3.05) is 31.4 Å². The lowest BCUT2D eigenvalue weighted by molar-refractivity contribution is -0.140. The van der Waals surface area contributed by atoms with Gasteiger partial charge in [0, 0.05) is 37.8 Å². The maximum Gasteiger partial charge on any atom is 0.305 e. The van der Waals surface area contributed by atoms with Gasteiger partial charge in [0.2, 0.25) is 5.91 Å². The molecule has 41 heavy (non-hydrogen) atoms. The number of methoxy groups -OCH3 is 1. The summed E-state index contributed by atoms with van der Waals surface area (Å²) in [6.45, 7) is 0. The van der Waals surface area contributed by atoms with Crippen LogP contribution in [0.15, 0.2) is 66.7 Å². The molecule has 0 fully saturated rings. The Kier molecular flexibility index (Phi) is 9.26. The number of nitrogens with two attached hydrogens (primary N) is 1. The molecule has 4 rings (SSSR count). The Morgan fingerprint density at radius 1 is 1.07 bits per heavy atom. The van der Waals surface area contributed by atoms with Crippen LogP contribution in [-0.4, -0.2) is 50.1 Å². The summed E-state index contributed by atoms with van der Waals surface area (Å²) < 4.78 is 10.9. The van der Waals surface area contributed by atoms with E-state index in [0.717, 1.165) is 11.3 Å². The predicted molar refractivity (Wildman–Crippen MR) is 156 cm³/mol. The first-order chi connectivity index (χ1) is 19.6. The molecular formula is C31H36N4O6. The third-order valence-electron chi connectivity index (χ3n) is 7.00. The maximum atomic E-state index is 13.2. The molecule has 0 aliphatic carbocycles. The van der Waals surface area contributed by atoms with Gasteiger partial charge in [0.05, 0.1) is 18.4 Å². The summed E-state index contributed by atoms with van der Waals surface area (Å²) in [6, 6.07) is 19.2. The first-order valence-corrected chi connectivity index (χ1v) is 13.4. The molecule has 0 unspecified atom stereocenters. The number of anilines is 2. The molecule has 3 aromatic carbocycles. The van der Waals surface area contributed by atoms with Gasteiger partial charge in [-0.2, -0.15) is 0 Å². The molecule has 5 N–H and O–H groups in total. The lowest BCUT2D eigenvalue weighted by Crippen LogP contribution is -2.41. The fourth-order valence-electron chi connectivity index (χ4n) is 4.68. The zero-order valence-electron chi connectivity index (χ0n) is 23.5. The number of esters is 1. The van der Waals surface area contributed by atoms with Gasteiger partial charge in [0.1, 0.15) is 23.3 Å². The predicted octanol–water partition coefficient (Wildman–Crippen LogP) is 3.68. The number of ether oxygens (including phenoxy) is 2. The van der Waals surface area contributed by atoms with Gasteiger partial charge in [-0.15, -0.1) is 0 Å². The summed E-state index contributed by atoms with van der Waals surface area (Å²) in [7, 11) is 5.07. The molecule has 10 heteroatoms. The first kappa shape index (κ1) is 29.6. The fourth-order valence-corrected chi connectivity index (χ4v) is 4.68. The standard InChI is InChI=1S/C31H36N4O6/c1-35(2)21-12-7-13-22(17-21)41-27-18-23-26(34-30(38)25(33-29(23)37)14-15-28(36)40-3)19-24(27)31(32,39)16-8-11-20-9-5-4-6-10-20/h4-7,9-10,12-13,17-19,25,39H,8,11,14-16,32H2,1-3H3,(H,33,37)(H,34,38)/t25-,31-/m1/s1. The molecule has 0 saturated carbocycles. The van der Waals surface area contributed by atoms with E-state index in [0.29, 0.717) is 18.6 Å². The Bertz CT molecular complexity index is 1410. The molecule has 216 valence electrons. The minimum absolute atomic E-state index is 0.0446. The summed E-state index contributed by atoms with van der Waals surface area (Å²) in [6.07, 6.45) is 1.49. The van der Waals surface area contributed by atoms with Crippen LogP contribution in [-0.2, 0) is 26.5 Å². The number of carbonyl (C=O) groups is 3. The van der Waals surface area contributed by atoms with Crippen molar-refractivity contribution in [1.29, 1.82) is 0 Å². The molecule has 1 aliphatic rings. The van der Waals surface area contributed by atoms with Crippen molar-refractivity contribution in [3.05, 3.63) is 83.4 Å². The molecule has 1 aliphatic heterocycles. The number of rotatable bonds is 11. The van der Waals surface area contributed by atoms with Gasteiger partial charge in [-0.25, -0.2) is 0 Å². The van der Waals surface area contributed by atoms with Gasteiger partial charge in [-0.05, 0) is 55.5 Å². The van der Waals surface area contributed by atoms with Crippen LogP contribution in [0.2, 0.25) is 0 Å². The van der Waals surface area contributed by atoms with Crippen LogP contribution >= 0.6 is 0 Å².